The average Bonchev–Trinajstić information content (AvgIpc) is 2.33. The second kappa shape index (κ2) is 4.10. The lowest BCUT2D eigenvalue weighted by Gasteiger charge is -2.31. The number of nitrogen functional groups attached to an aromatic ring is 1. The second-order valence-electron chi connectivity index (χ2n) is 4.08. The van der Waals surface area contributed by atoms with E-state index < -0.39 is 0 Å². The van der Waals surface area contributed by atoms with E-state index in [0.29, 0.717) is 12.2 Å². The van der Waals surface area contributed by atoms with E-state index in [2.05, 4.69) is 0 Å². The fourth-order valence-electron chi connectivity index (χ4n) is 2.09. The zero-order valence-electron chi connectivity index (χ0n) is 8.99. The van der Waals surface area contributed by atoms with E-state index in [9.17, 15) is 4.39 Å². The van der Waals surface area contributed by atoms with E-state index in [1.807, 2.05) is 24.3 Å². The Morgan fingerprint density at radius 2 is 2.12 bits per heavy atom. The minimum Gasteiger partial charge on any atom is -0.398 e. The molecule has 0 radical (unpaired) electrons. The molecule has 84 valence electrons. The van der Waals surface area contributed by atoms with Crippen molar-refractivity contribution < 1.29 is 4.39 Å². The lowest BCUT2D eigenvalue weighted by molar-refractivity contribution is 0.543. The van der Waals surface area contributed by atoms with Crippen LogP contribution in [-0.2, 0) is 5.41 Å². The van der Waals surface area contributed by atoms with Crippen LogP contribution in [0.3, 0.4) is 0 Å². The first-order chi connectivity index (χ1) is 7.68. The van der Waals surface area contributed by atoms with Crippen LogP contribution in [0.4, 0.5) is 10.1 Å². The van der Waals surface area contributed by atoms with Gasteiger partial charge >= 0.3 is 0 Å². The van der Waals surface area contributed by atoms with Gasteiger partial charge in [0, 0.05) is 17.6 Å². The standard InChI is InChI=1S/C13H15FN2/c14-10-4-5-12(16)11(8-10)13(9-15)6-2-1-3-7-13/h1-6,8H,7,9,15-16H2. The third kappa shape index (κ3) is 1.74. The van der Waals surface area contributed by atoms with Gasteiger partial charge in [-0.2, -0.15) is 0 Å². The van der Waals surface area contributed by atoms with Gasteiger partial charge in [-0.25, -0.2) is 4.39 Å². The number of halogens is 1. The van der Waals surface area contributed by atoms with Gasteiger partial charge < -0.3 is 11.5 Å². The molecular formula is C13H15FN2. The summed E-state index contributed by atoms with van der Waals surface area (Å²) in [4.78, 5) is 0. The molecule has 1 aromatic rings. The zero-order chi connectivity index (χ0) is 11.6. The Morgan fingerprint density at radius 3 is 2.75 bits per heavy atom. The summed E-state index contributed by atoms with van der Waals surface area (Å²) in [5, 5.41) is 0. The molecule has 1 aliphatic carbocycles. The van der Waals surface area contributed by atoms with Gasteiger partial charge in [0.25, 0.3) is 0 Å². The lowest BCUT2D eigenvalue weighted by Crippen LogP contribution is -2.34. The third-order valence-corrected chi connectivity index (χ3v) is 3.06. The molecule has 0 spiro atoms. The van der Waals surface area contributed by atoms with E-state index in [-0.39, 0.29) is 11.2 Å². The van der Waals surface area contributed by atoms with E-state index >= 15 is 0 Å². The number of benzene rings is 1. The Bertz CT molecular complexity index is 451. The smallest absolute Gasteiger partial charge is 0.123 e. The Kier molecular flexibility index (Phi) is 2.79. The number of hydrogen-bond donors (Lipinski definition) is 2. The summed E-state index contributed by atoms with van der Waals surface area (Å²) >= 11 is 0. The number of rotatable bonds is 2. The molecule has 0 saturated heterocycles. The van der Waals surface area contributed by atoms with Crippen molar-refractivity contribution in [3.05, 3.63) is 53.9 Å². The summed E-state index contributed by atoms with van der Waals surface area (Å²) in [7, 11) is 0. The van der Waals surface area contributed by atoms with Crippen LogP contribution < -0.4 is 11.5 Å². The molecule has 1 atom stereocenters. The molecule has 16 heavy (non-hydrogen) atoms. The number of hydrogen-bond acceptors (Lipinski definition) is 2. The van der Waals surface area contributed by atoms with Gasteiger partial charge in [-0.1, -0.05) is 24.3 Å². The Morgan fingerprint density at radius 1 is 1.31 bits per heavy atom. The van der Waals surface area contributed by atoms with Crippen LogP contribution in [0, 0.1) is 5.82 Å². The Hall–Kier alpha value is -1.61. The number of allylic oxidation sites excluding steroid dienone is 3. The highest BCUT2D eigenvalue weighted by Crippen LogP contribution is 2.35. The van der Waals surface area contributed by atoms with Crippen LogP contribution in [0.5, 0.6) is 0 Å². The van der Waals surface area contributed by atoms with Gasteiger partial charge in [-0.05, 0) is 30.2 Å². The predicted molar refractivity (Wildman–Crippen MR) is 64.4 cm³/mol. The predicted octanol–water partition coefficient (Wildman–Crippen LogP) is 2.12. The first-order valence-electron chi connectivity index (χ1n) is 5.28. The van der Waals surface area contributed by atoms with E-state index in [1.165, 1.54) is 12.1 Å². The maximum atomic E-state index is 13.3. The molecule has 1 aromatic carbocycles. The summed E-state index contributed by atoms with van der Waals surface area (Å²) in [5.74, 6) is -0.278. The molecule has 0 aliphatic heterocycles. The minimum absolute atomic E-state index is 0.278. The highest BCUT2D eigenvalue weighted by molar-refractivity contribution is 5.54. The second-order valence-corrected chi connectivity index (χ2v) is 4.08. The third-order valence-electron chi connectivity index (χ3n) is 3.06. The van der Waals surface area contributed by atoms with Gasteiger partial charge in [0.05, 0.1) is 0 Å². The maximum Gasteiger partial charge on any atom is 0.123 e. The van der Waals surface area contributed by atoms with Gasteiger partial charge in [-0.15, -0.1) is 0 Å². The first kappa shape index (κ1) is 10.9. The van der Waals surface area contributed by atoms with Crippen molar-refractivity contribution in [2.45, 2.75) is 11.8 Å². The summed E-state index contributed by atoms with van der Waals surface area (Å²) in [6.45, 7) is 0.418. The SMILES string of the molecule is NCC1(c2cc(F)ccc2N)C=CC=CC1. The normalized spacial score (nSPS) is 23.6. The highest BCUT2D eigenvalue weighted by Gasteiger charge is 2.30. The van der Waals surface area contributed by atoms with Crippen molar-refractivity contribution in [3.8, 4) is 0 Å². The zero-order valence-corrected chi connectivity index (χ0v) is 8.99. The Balaban J connectivity index is 2.52. The van der Waals surface area contributed by atoms with Crippen LogP contribution in [0.25, 0.3) is 0 Å². The fraction of sp³-hybridized carbons (Fsp3) is 0.231. The molecule has 1 unspecified atom stereocenters. The van der Waals surface area contributed by atoms with Crippen LogP contribution in [0.15, 0.2) is 42.5 Å². The molecule has 3 heteroatoms. The number of nitrogens with two attached hydrogens (primary N) is 2. The maximum absolute atomic E-state index is 13.3. The van der Waals surface area contributed by atoms with Crippen molar-refractivity contribution in [2.75, 3.05) is 12.3 Å². The van der Waals surface area contributed by atoms with Crippen LogP contribution in [0.2, 0.25) is 0 Å². The van der Waals surface area contributed by atoms with E-state index in [4.69, 9.17) is 11.5 Å². The van der Waals surface area contributed by atoms with Gasteiger partial charge in [0.15, 0.2) is 0 Å². The van der Waals surface area contributed by atoms with Crippen molar-refractivity contribution in [1.82, 2.24) is 0 Å². The van der Waals surface area contributed by atoms with Crippen LogP contribution >= 0.6 is 0 Å². The topological polar surface area (TPSA) is 52.0 Å². The number of anilines is 1. The van der Waals surface area contributed by atoms with Gasteiger partial charge in [0.1, 0.15) is 5.82 Å². The average molecular weight is 218 g/mol. The molecule has 4 N–H and O–H groups in total. The largest absolute Gasteiger partial charge is 0.398 e. The van der Waals surface area contributed by atoms with Gasteiger partial charge in [0.2, 0.25) is 0 Å². The molecule has 0 fully saturated rings. The fourth-order valence-corrected chi connectivity index (χ4v) is 2.09. The minimum atomic E-state index is -0.360. The molecule has 0 saturated carbocycles. The summed E-state index contributed by atoms with van der Waals surface area (Å²) in [5.41, 5.74) is 12.7. The van der Waals surface area contributed by atoms with Crippen LogP contribution in [0.1, 0.15) is 12.0 Å². The van der Waals surface area contributed by atoms with Gasteiger partial charge in [-0.3, -0.25) is 0 Å². The van der Waals surface area contributed by atoms with Crippen LogP contribution in [-0.4, -0.2) is 6.54 Å². The summed E-state index contributed by atoms with van der Waals surface area (Å²) in [6, 6.07) is 4.44. The van der Waals surface area contributed by atoms with E-state index in [1.54, 1.807) is 6.07 Å². The molecule has 0 aromatic heterocycles. The lowest BCUT2D eigenvalue weighted by atomic mass is 9.75. The molecule has 1 aliphatic rings. The summed E-state index contributed by atoms with van der Waals surface area (Å²) in [6.07, 6.45) is 8.67. The molecule has 2 nitrogen and oxygen atoms in total. The molecule has 0 bridgehead atoms. The molecule has 2 rings (SSSR count). The van der Waals surface area contributed by atoms with Crippen molar-refractivity contribution >= 4 is 5.69 Å². The highest BCUT2D eigenvalue weighted by atomic mass is 19.1. The summed E-state index contributed by atoms with van der Waals surface area (Å²) < 4.78 is 13.3. The monoisotopic (exact) mass is 218 g/mol. The van der Waals surface area contributed by atoms with E-state index in [0.717, 1.165) is 12.0 Å². The molecule has 0 heterocycles. The Labute approximate surface area is 94.4 Å². The molecular weight excluding hydrogens is 203 g/mol. The first-order valence-corrected chi connectivity index (χ1v) is 5.28. The molecule has 0 amide bonds. The van der Waals surface area contributed by atoms with Crippen molar-refractivity contribution in [1.29, 1.82) is 0 Å². The van der Waals surface area contributed by atoms with Crippen molar-refractivity contribution in [3.63, 3.8) is 0 Å². The van der Waals surface area contributed by atoms with Crippen molar-refractivity contribution in [2.24, 2.45) is 5.73 Å². The quantitative estimate of drug-likeness (QED) is 0.747.